The summed E-state index contributed by atoms with van der Waals surface area (Å²) < 4.78 is 13.3. The Morgan fingerprint density at radius 2 is 1.47 bits per heavy atom. The highest BCUT2D eigenvalue weighted by molar-refractivity contribution is 5.95. The van der Waals surface area contributed by atoms with Gasteiger partial charge in [0.05, 0.1) is 0 Å². The summed E-state index contributed by atoms with van der Waals surface area (Å²) in [5, 5.41) is 21.2. The van der Waals surface area contributed by atoms with E-state index >= 15 is 0 Å². The fourth-order valence-corrected chi connectivity index (χ4v) is 4.60. The van der Waals surface area contributed by atoms with Crippen LogP contribution < -0.4 is 11.1 Å². The fraction of sp³-hybridized carbons (Fsp3) is 0.188. The lowest BCUT2D eigenvalue weighted by molar-refractivity contribution is 0.0898. The number of aryl methyl sites for hydroxylation is 1. The SMILES string of the molecule is N=C(N)c1cccc(CC(CO)C(CCc2ccccc2)NC(=O)c2ccc(-c3ccc(F)cc3)cc2)c1. The molecule has 0 radical (unpaired) electrons. The molecule has 0 saturated carbocycles. The number of aliphatic hydroxyl groups is 1. The van der Waals surface area contributed by atoms with Crippen molar-refractivity contribution in [2.45, 2.75) is 25.3 Å². The Kier molecular flexibility index (Phi) is 9.01. The average Bonchev–Trinajstić information content (AvgIpc) is 2.95. The molecule has 4 aromatic rings. The third kappa shape index (κ3) is 7.14. The zero-order chi connectivity index (χ0) is 26.9. The first kappa shape index (κ1) is 26.8. The highest BCUT2D eigenvalue weighted by atomic mass is 19.1. The highest BCUT2D eigenvalue weighted by Gasteiger charge is 2.24. The fourth-order valence-electron chi connectivity index (χ4n) is 4.60. The summed E-state index contributed by atoms with van der Waals surface area (Å²) in [6.07, 6.45) is 1.93. The molecule has 5 N–H and O–H groups in total. The van der Waals surface area contributed by atoms with Crippen molar-refractivity contribution in [1.82, 2.24) is 5.32 Å². The van der Waals surface area contributed by atoms with Gasteiger partial charge in [-0.2, -0.15) is 0 Å². The van der Waals surface area contributed by atoms with Gasteiger partial charge in [-0.25, -0.2) is 4.39 Å². The predicted octanol–water partition coefficient (Wildman–Crippen LogP) is 5.36. The van der Waals surface area contributed by atoms with Gasteiger partial charge in [-0.1, -0.05) is 72.8 Å². The van der Waals surface area contributed by atoms with Crippen LogP contribution in [0.4, 0.5) is 4.39 Å². The number of aliphatic hydroxyl groups excluding tert-OH is 1. The first-order valence-electron chi connectivity index (χ1n) is 12.7. The number of rotatable bonds is 11. The number of nitrogen functional groups attached to an aromatic ring is 1. The number of hydrogen-bond donors (Lipinski definition) is 4. The second-order valence-corrected chi connectivity index (χ2v) is 9.45. The summed E-state index contributed by atoms with van der Waals surface area (Å²) in [6.45, 7) is -0.104. The van der Waals surface area contributed by atoms with Gasteiger partial charge in [-0.3, -0.25) is 10.2 Å². The molecule has 0 spiro atoms. The summed E-state index contributed by atoms with van der Waals surface area (Å²) >= 11 is 0. The molecule has 5 nitrogen and oxygen atoms in total. The maximum atomic E-state index is 13.3. The molecule has 0 fully saturated rings. The monoisotopic (exact) mass is 509 g/mol. The van der Waals surface area contributed by atoms with Gasteiger partial charge >= 0.3 is 0 Å². The zero-order valence-electron chi connectivity index (χ0n) is 21.1. The number of halogens is 1. The second-order valence-electron chi connectivity index (χ2n) is 9.45. The van der Waals surface area contributed by atoms with E-state index in [4.69, 9.17) is 11.1 Å². The largest absolute Gasteiger partial charge is 0.396 e. The molecular formula is C32H32FN3O2. The Hall–Kier alpha value is -4.29. The molecule has 0 heterocycles. The van der Waals surface area contributed by atoms with E-state index in [0.29, 0.717) is 24.0 Å². The Morgan fingerprint density at radius 1 is 0.842 bits per heavy atom. The molecule has 0 aromatic heterocycles. The van der Waals surface area contributed by atoms with E-state index < -0.39 is 0 Å². The second kappa shape index (κ2) is 12.8. The lowest BCUT2D eigenvalue weighted by atomic mass is 9.88. The van der Waals surface area contributed by atoms with Gasteiger partial charge in [0.15, 0.2) is 0 Å². The van der Waals surface area contributed by atoms with Crippen LogP contribution >= 0.6 is 0 Å². The van der Waals surface area contributed by atoms with E-state index in [1.807, 2.05) is 48.5 Å². The molecule has 1 amide bonds. The van der Waals surface area contributed by atoms with E-state index in [9.17, 15) is 14.3 Å². The van der Waals surface area contributed by atoms with Crippen LogP contribution in [-0.4, -0.2) is 29.5 Å². The van der Waals surface area contributed by atoms with Gasteiger partial charge in [0.25, 0.3) is 5.91 Å². The van der Waals surface area contributed by atoms with Crippen molar-refractivity contribution in [3.8, 4) is 11.1 Å². The predicted molar refractivity (Wildman–Crippen MR) is 150 cm³/mol. The Labute approximate surface area is 222 Å². The van der Waals surface area contributed by atoms with Crippen molar-refractivity contribution in [2.24, 2.45) is 11.7 Å². The lowest BCUT2D eigenvalue weighted by Crippen LogP contribution is -2.43. The van der Waals surface area contributed by atoms with Gasteiger partial charge in [0.1, 0.15) is 11.7 Å². The van der Waals surface area contributed by atoms with Crippen molar-refractivity contribution in [2.75, 3.05) is 6.61 Å². The minimum atomic E-state index is -0.294. The van der Waals surface area contributed by atoms with Crippen LogP contribution in [0.3, 0.4) is 0 Å². The van der Waals surface area contributed by atoms with Crippen molar-refractivity contribution < 1.29 is 14.3 Å². The molecule has 0 aliphatic rings. The first-order valence-corrected chi connectivity index (χ1v) is 12.7. The number of nitrogens with one attached hydrogen (secondary N) is 2. The Bertz CT molecular complexity index is 1360. The van der Waals surface area contributed by atoms with Crippen LogP contribution in [0.5, 0.6) is 0 Å². The number of carbonyl (C=O) groups excluding carboxylic acids is 1. The van der Waals surface area contributed by atoms with Crippen LogP contribution in [-0.2, 0) is 12.8 Å². The number of benzene rings is 4. The van der Waals surface area contributed by atoms with Crippen molar-refractivity contribution in [3.63, 3.8) is 0 Å². The third-order valence-electron chi connectivity index (χ3n) is 6.77. The summed E-state index contributed by atoms with van der Waals surface area (Å²) in [5.41, 5.74) is 10.7. The molecule has 2 atom stereocenters. The molecule has 2 unspecified atom stereocenters. The van der Waals surface area contributed by atoms with Crippen LogP contribution in [0, 0.1) is 17.1 Å². The Morgan fingerprint density at radius 3 is 2.11 bits per heavy atom. The molecule has 0 aliphatic heterocycles. The number of carbonyl (C=O) groups is 1. The number of amidine groups is 1. The van der Waals surface area contributed by atoms with E-state index in [1.165, 1.54) is 12.1 Å². The topological polar surface area (TPSA) is 99.2 Å². The normalized spacial score (nSPS) is 12.5. The number of hydrogen-bond acceptors (Lipinski definition) is 3. The van der Waals surface area contributed by atoms with Crippen LogP contribution in [0.25, 0.3) is 11.1 Å². The minimum absolute atomic E-state index is 0.00888. The quantitative estimate of drug-likeness (QED) is 0.162. The standard InChI is InChI=1S/C32H32FN3O2/c33-29-16-14-25(15-17-29)24-10-12-26(13-11-24)32(38)36-30(18-9-22-5-2-1-3-6-22)28(21-37)20-23-7-4-8-27(19-23)31(34)35/h1-8,10-17,19,28,30,37H,9,18,20-21H2,(H3,34,35)(H,36,38). The van der Waals surface area contributed by atoms with E-state index in [0.717, 1.165) is 28.7 Å². The van der Waals surface area contributed by atoms with Crippen LogP contribution in [0.15, 0.2) is 103 Å². The van der Waals surface area contributed by atoms with Gasteiger partial charge in [0.2, 0.25) is 0 Å². The number of amides is 1. The molecule has 4 aromatic carbocycles. The lowest BCUT2D eigenvalue weighted by Gasteiger charge is -2.27. The molecular weight excluding hydrogens is 477 g/mol. The first-order chi connectivity index (χ1) is 18.4. The molecule has 0 saturated heterocycles. The molecule has 38 heavy (non-hydrogen) atoms. The zero-order valence-corrected chi connectivity index (χ0v) is 21.1. The molecule has 6 heteroatoms. The molecule has 0 aliphatic carbocycles. The molecule has 194 valence electrons. The van der Waals surface area contributed by atoms with Gasteiger partial charge in [-0.15, -0.1) is 0 Å². The summed E-state index contributed by atoms with van der Waals surface area (Å²) in [5.74, 6) is -0.754. The summed E-state index contributed by atoms with van der Waals surface area (Å²) in [7, 11) is 0. The van der Waals surface area contributed by atoms with Gasteiger partial charge in [-0.05, 0) is 71.8 Å². The van der Waals surface area contributed by atoms with Crippen LogP contribution in [0.2, 0.25) is 0 Å². The summed E-state index contributed by atoms with van der Waals surface area (Å²) in [4.78, 5) is 13.3. The smallest absolute Gasteiger partial charge is 0.251 e. The summed E-state index contributed by atoms with van der Waals surface area (Å²) in [6, 6.07) is 30.6. The Balaban J connectivity index is 1.52. The van der Waals surface area contributed by atoms with Crippen molar-refractivity contribution in [1.29, 1.82) is 5.41 Å². The molecule has 4 rings (SSSR count). The van der Waals surface area contributed by atoms with Crippen LogP contribution in [0.1, 0.15) is 33.5 Å². The van der Waals surface area contributed by atoms with E-state index in [2.05, 4.69) is 17.4 Å². The average molecular weight is 510 g/mol. The van der Waals surface area contributed by atoms with Gasteiger partial charge < -0.3 is 16.2 Å². The molecule has 0 bridgehead atoms. The van der Waals surface area contributed by atoms with Gasteiger partial charge in [0, 0.05) is 29.7 Å². The highest BCUT2D eigenvalue weighted by Crippen LogP contribution is 2.22. The minimum Gasteiger partial charge on any atom is -0.396 e. The number of nitrogens with two attached hydrogens (primary N) is 1. The van der Waals surface area contributed by atoms with Crippen molar-refractivity contribution in [3.05, 3.63) is 131 Å². The third-order valence-corrected chi connectivity index (χ3v) is 6.77. The van der Waals surface area contributed by atoms with E-state index in [-0.39, 0.29) is 36.1 Å². The van der Waals surface area contributed by atoms with Crippen molar-refractivity contribution >= 4 is 11.7 Å². The van der Waals surface area contributed by atoms with E-state index in [1.54, 1.807) is 30.3 Å². The maximum Gasteiger partial charge on any atom is 0.251 e. The maximum absolute atomic E-state index is 13.3.